The van der Waals surface area contributed by atoms with E-state index in [2.05, 4.69) is 0 Å². The Morgan fingerprint density at radius 1 is 0.880 bits per heavy atom. The maximum atomic E-state index is 11.1. The van der Waals surface area contributed by atoms with Crippen LogP contribution in [0.5, 0.6) is 0 Å². The van der Waals surface area contributed by atoms with E-state index in [0.29, 0.717) is 32.7 Å². The third-order valence-corrected chi connectivity index (χ3v) is 2.91. The molecule has 8 nitrogen and oxygen atoms in total. The fourth-order valence-corrected chi connectivity index (χ4v) is 1.52. The van der Waals surface area contributed by atoms with Gasteiger partial charge in [0.15, 0.2) is 11.5 Å². The molecule has 0 aliphatic heterocycles. The van der Waals surface area contributed by atoms with Crippen LogP contribution in [0.3, 0.4) is 0 Å². The van der Waals surface area contributed by atoms with Gasteiger partial charge in [0.2, 0.25) is 0 Å². The second-order valence-corrected chi connectivity index (χ2v) is 5.08. The largest absolute Gasteiger partial charge is 0.502 e. The molecule has 144 valence electrons. The summed E-state index contributed by atoms with van der Waals surface area (Å²) in [5, 5.41) is 18.2. The van der Waals surface area contributed by atoms with Crippen molar-refractivity contribution in [1.29, 1.82) is 0 Å². The van der Waals surface area contributed by atoms with Crippen LogP contribution in [0, 0.1) is 0 Å². The highest BCUT2D eigenvalue weighted by molar-refractivity contribution is 5.85. The zero-order valence-corrected chi connectivity index (χ0v) is 15.0. The topological polar surface area (TPSA) is 112 Å². The summed E-state index contributed by atoms with van der Waals surface area (Å²) in [5.74, 6) is -2.31. The van der Waals surface area contributed by atoms with Gasteiger partial charge in [-0.2, -0.15) is 0 Å². The number of carbonyl (C=O) groups is 2. The number of aliphatic hydroxyl groups excluding tert-OH is 2. The highest BCUT2D eigenvalue weighted by atomic mass is 16.6. The summed E-state index contributed by atoms with van der Waals surface area (Å²) in [6.07, 6.45) is 3.43. The van der Waals surface area contributed by atoms with E-state index < -0.39 is 23.5 Å². The van der Waals surface area contributed by atoms with Crippen LogP contribution < -0.4 is 0 Å². The first kappa shape index (κ1) is 22.9. The smallest absolute Gasteiger partial charge is 0.373 e. The maximum absolute atomic E-state index is 11.1. The Kier molecular flexibility index (Phi) is 13.1. The lowest BCUT2D eigenvalue weighted by Crippen LogP contribution is -2.19. The highest BCUT2D eigenvalue weighted by Gasteiger charge is 2.08. The zero-order chi connectivity index (χ0) is 19.1. The van der Waals surface area contributed by atoms with Crippen molar-refractivity contribution in [2.75, 3.05) is 33.0 Å². The van der Waals surface area contributed by atoms with Crippen molar-refractivity contribution in [3.8, 4) is 0 Å². The van der Waals surface area contributed by atoms with Crippen LogP contribution in [0.4, 0.5) is 0 Å². The maximum Gasteiger partial charge on any atom is 0.373 e. The quantitative estimate of drug-likeness (QED) is 0.222. The van der Waals surface area contributed by atoms with E-state index in [-0.39, 0.29) is 19.3 Å². The summed E-state index contributed by atoms with van der Waals surface area (Å²) < 4.78 is 20.5. The molecule has 0 radical (unpaired) electrons. The molecular weight excluding hydrogens is 332 g/mol. The summed E-state index contributed by atoms with van der Waals surface area (Å²) in [5.41, 5.74) is 0. The molecule has 25 heavy (non-hydrogen) atoms. The van der Waals surface area contributed by atoms with E-state index in [9.17, 15) is 9.59 Å². The monoisotopic (exact) mass is 360 g/mol. The molecule has 0 heterocycles. The SMILES string of the molecule is CC=C(O)C(=O)OCCCOCC(C)OCCCOC(=O)C(O)=CC. The molecule has 2 N–H and O–H groups in total. The lowest BCUT2D eigenvalue weighted by molar-refractivity contribution is -0.143. The van der Waals surface area contributed by atoms with E-state index in [1.165, 1.54) is 26.0 Å². The van der Waals surface area contributed by atoms with Crippen molar-refractivity contribution >= 4 is 11.9 Å². The number of ether oxygens (including phenoxy) is 4. The Morgan fingerprint density at radius 3 is 1.84 bits per heavy atom. The van der Waals surface area contributed by atoms with E-state index in [4.69, 9.17) is 29.2 Å². The van der Waals surface area contributed by atoms with Gasteiger partial charge in [0, 0.05) is 19.4 Å². The van der Waals surface area contributed by atoms with Crippen molar-refractivity contribution in [3.05, 3.63) is 23.7 Å². The molecule has 0 saturated heterocycles. The normalized spacial score (nSPS) is 13.4. The van der Waals surface area contributed by atoms with Crippen LogP contribution in [0.1, 0.15) is 33.6 Å². The van der Waals surface area contributed by atoms with Gasteiger partial charge >= 0.3 is 11.9 Å². The van der Waals surface area contributed by atoms with Gasteiger partial charge in [-0.05, 0) is 32.9 Å². The van der Waals surface area contributed by atoms with Crippen LogP contribution >= 0.6 is 0 Å². The molecule has 0 fully saturated rings. The van der Waals surface area contributed by atoms with Crippen molar-refractivity contribution < 1.29 is 38.7 Å². The molecule has 0 bridgehead atoms. The molecule has 0 saturated carbocycles. The van der Waals surface area contributed by atoms with E-state index in [0.717, 1.165) is 0 Å². The fraction of sp³-hybridized carbons (Fsp3) is 0.647. The predicted molar refractivity (Wildman–Crippen MR) is 90.2 cm³/mol. The number of allylic oxidation sites excluding steroid dienone is 2. The summed E-state index contributed by atoms with van der Waals surface area (Å²) in [6, 6.07) is 0. The molecule has 0 rings (SSSR count). The Labute approximate surface area is 148 Å². The molecule has 8 heteroatoms. The Balaban J connectivity index is 3.52. The van der Waals surface area contributed by atoms with Gasteiger partial charge in [0.05, 0.1) is 32.5 Å². The number of hydrogen-bond donors (Lipinski definition) is 2. The molecule has 0 aromatic carbocycles. The summed E-state index contributed by atoms with van der Waals surface area (Å²) >= 11 is 0. The Bertz CT molecular complexity index is 456. The first-order valence-corrected chi connectivity index (χ1v) is 8.16. The minimum absolute atomic E-state index is 0.130. The first-order chi connectivity index (χ1) is 11.9. The van der Waals surface area contributed by atoms with Crippen molar-refractivity contribution in [2.24, 2.45) is 0 Å². The molecule has 0 spiro atoms. The predicted octanol–water partition coefficient (Wildman–Crippen LogP) is 2.20. The molecule has 1 atom stereocenters. The van der Waals surface area contributed by atoms with Crippen molar-refractivity contribution in [2.45, 2.75) is 39.7 Å². The van der Waals surface area contributed by atoms with Gasteiger partial charge in [-0.3, -0.25) is 0 Å². The van der Waals surface area contributed by atoms with Gasteiger partial charge in [0.25, 0.3) is 0 Å². The third kappa shape index (κ3) is 12.0. The Morgan fingerprint density at radius 2 is 1.36 bits per heavy atom. The van der Waals surface area contributed by atoms with Crippen molar-refractivity contribution in [1.82, 2.24) is 0 Å². The van der Waals surface area contributed by atoms with Crippen molar-refractivity contribution in [3.63, 3.8) is 0 Å². The Hall–Kier alpha value is -2.06. The molecule has 0 aromatic rings. The molecule has 0 amide bonds. The average molecular weight is 360 g/mol. The minimum Gasteiger partial charge on any atom is -0.502 e. The van der Waals surface area contributed by atoms with Gasteiger partial charge in [0.1, 0.15) is 0 Å². The number of rotatable bonds is 13. The van der Waals surface area contributed by atoms with Gasteiger partial charge in [-0.15, -0.1) is 0 Å². The highest BCUT2D eigenvalue weighted by Crippen LogP contribution is 1.98. The molecule has 0 aliphatic rings. The molecule has 1 unspecified atom stereocenters. The number of hydrogen-bond acceptors (Lipinski definition) is 8. The van der Waals surface area contributed by atoms with Gasteiger partial charge in [-0.1, -0.05) is 0 Å². The van der Waals surface area contributed by atoms with Crippen LogP contribution in [0.25, 0.3) is 0 Å². The zero-order valence-electron chi connectivity index (χ0n) is 15.0. The fourth-order valence-electron chi connectivity index (χ4n) is 1.52. The summed E-state index contributed by atoms with van der Waals surface area (Å²) in [4.78, 5) is 22.3. The van der Waals surface area contributed by atoms with E-state index >= 15 is 0 Å². The molecule has 0 aliphatic carbocycles. The number of carbonyl (C=O) groups excluding carboxylic acids is 2. The lowest BCUT2D eigenvalue weighted by Gasteiger charge is -2.13. The summed E-state index contributed by atoms with van der Waals surface area (Å²) in [6.45, 7) is 6.43. The molecule has 0 aromatic heterocycles. The van der Waals surface area contributed by atoms with Crippen LogP contribution in [0.2, 0.25) is 0 Å². The summed E-state index contributed by atoms with van der Waals surface area (Å²) in [7, 11) is 0. The van der Waals surface area contributed by atoms with Gasteiger partial charge < -0.3 is 29.2 Å². The van der Waals surface area contributed by atoms with E-state index in [1.807, 2.05) is 6.92 Å². The first-order valence-electron chi connectivity index (χ1n) is 8.16. The number of aliphatic hydroxyl groups is 2. The average Bonchev–Trinajstić information content (AvgIpc) is 2.62. The van der Waals surface area contributed by atoms with Crippen LogP contribution in [-0.4, -0.2) is 61.3 Å². The standard InChI is InChI=1S/C17H28O8/c1-4-14(18)16(20)24-10-6-8-22-12-13(3)23-9-7-11-25-17(21)15(19)5-2/h4-5,13,18-19H,6-12H2,1-3H3. The van der Waals surface area contributed by atoms with Crippen LogP contribution in [-0.2, 0) is 28.5 Å². The van der Waals surface area contributed by atoms with Crippen LogP contribution in [0.15, 0.2) is 23.7 Å². The molecular formula is C17H28O8. The number of esters is 2. The van der Waals surface area contributed by atoms with Gasteiger partial charge in [-0.25, -0.2) is 9.59 Å². The minimum atomic E-state index is -0.748. The second kappa shape index (κ2) is 14.3. The van der Waals surface area contributed by atoms with E-state index in [1.54, 1.807) is 0 Å². The third-order valence-electron chi connectivity index (χ3n) is 2.91. The second-order valence-electron chi connectivity index (χ2n) is 5.08. The lowest BCUT2D eigenvalue weighted by atomic mass is 10.4.